The highest BCUT2D eigenvalue weighted by molar-refractivity contribution is 5.97. The minimum atomic E-state index is 0.237. The topological polar surface area (TPSA) is 17.1 Å². The Labute approximate surface area is 55.1 Å². The Kier molecular flexibility index (Phi) is 1.52. The second-order valence-electron chi connectivity index (χ2n) is 2.28. The minimum absolute atomic E-state index is 0.237. The maximum absolute atomic E-state index is 10.7. The van der Waals surface area contributed by atoms with Gasteiger partial charge in [0, 0.05) is 6.42 Å². The standard InChI is InChI=1S/C8H10O/c1-3-7-5-8(9)4-6(7)2/h3-4H,5H2,1-2H3. The Balaban J connectivity index is 2.89. The van der Waals surface area contributed by atoms with Gasteiger partial charge >= 0.3 is 0 Å². The van der Waals surface area contributed by atoms with Gasteiger partial charge in [0.15, 0.2) is 5.78 Å². The predicted molar refractivity (Wildman–Crippen MR) is 37.1 cm³/mol. The highest BCUT2D eigenvalue weighted by atomic mass is 16.1. The van der Waals surface area contributed by atoms with Crippen molar-refractivity contribution < 1.29 is 4.79 Å². The molecule has 0 fully saturated rings. The lowest BCUT2D eigenvalue weighted by Crippen LogP contribution is -1.83. The first-order chi connectivity index (χ1) is 4.24. The van der Waals surface area contributed by atoms with Crippen LogP contribution in [0.1, 0.15) is 20.3 Å². The summed E-state index contributed by atoms with van der Waals surface area (Å²) in [7, 11) is 0. The normalized spacial score (nSPS) is 23.1. The van der Waals surface area contributed by atoms with Gasteiger partial charge in [0.25, 0.3) is 0 Å². The van der Waals surface area contributed by atoms with E-state index < -0.39 is 0 Å². The number of hydrogen-bond acceptors (Lipinski definition) is 1. The van der Waals surface area contributed by atoms with E-state index in [-0.39, 0.29) is 5.78 Å². The van der Waals surface area contributed by atoms with Crippen molar-refractivity contribution in [3.05, 3.63) is 23.3 Å². The van der Waals surface area contributed by atoms with Crippen LogP contribution in [0.5, 0.6) is 0 Å². The summed E-state index contributed by atoms with van der Waals surface area (Å²) < 4.78 is 0. The molecule has 9 heavy (non-hydrogen) atoms. The average molecular weight is 122 g/mol. The predicted octanol–water partition coefficient (Wildman–Crippen LogP) is 1.85. The summed E-state index contributed by atoms with van der Waals surface area (Å²) in [5.41, 5.74) is 2.31. The van der Waals surface area contributed by atoms with Crippen LogP contribution in [-0.4, -0.2) is 5.78 Å². The molecule has 0 aromatic rings. The zero-order valence-corrected chi connectivity index (χ0v) is 5.77. The summed E-state index contributed by atoms with van der Waals surface area (Å²) in [6, 6.07) is 0. The Hall–Kier alpha value is -0.850. The second kappa shape index (κ2) is 2.18. The lowest BCUT2D eigenvalue weighted by Gasteiger charge is -1.91. The van der Waals surface area contributed by atoms with Crippen LogP contribution < -0.4 is 0 Å². The first-order valence-corrected chi connectivity index (χ1v) is 3.10. The van der Waals surface area contributed by atoms with Gasteiger partial charge in [-0.15, -0.1) is 0 Å². The lowest BCUT2D eigenvalue weighted by molar-refractivity contribution is -0.113. The maximum Gasteiger partial charge on any atom is 0.160 e. The van der Waals surface area contributed by atoms with Crippen molar-refractivity contribution in [3.8, 4) is 0 Å². The van der Waals surface area contributed by atoms with E-state index in [1.165, 1.54) is 5.57 Å². The molecule has 0 heterocycles. The summed E-state index contributed by atoms with van der Waals surface area (Å²) >= 11 is 0. The number of allylic oxidation sites excluding steroid dienone is 4. The number of carbonyl (C=O) groups excluding carboxylic acids is 1. The van der Waals surface area contributed by atoms with Crippen LogP contribution in [0.25, 0.3) is 0 Å². The van der Waals surface area contributed by atoms with Crippen LogP contribution in [-0.2, 0) is 4.79 Å². The second-order valence-corrected chi connectivity index (χ2v) is 2.28. The van der Waals surface area contributed by atoms with Gasteiger partial charge < -0.3 is 0 Å². The smallest absolute Gasteiger partial charge is 0.160 e. The van der Waals surface area contributed by atoms with Gasteiger partial charge in [0.1, 0.15) is 0 Å². The Bertz CT molecular complexity index is 197. The van der Waals surface area contributed by atoms with Crippen molar-refractivity contribution in [2.24, 2.45) is 0 Å². The van der Waals surface area contributed by atoms with E-state index in [0.29, 0.717) is 6.42 Å². The number of hydrogen-bond donors (Lipinski definition) is 0. The molecular weight excluding hydrogens is 112 g/mol. The molecule has 0 bridgehead atoms. The van der Waals surface area contributed by atoms with Crippen molar-refractivity contribution in [3.63, 3.8) is 0 Å². The fourth-order valence-corrected chi connectivity index (χ4v) is 1.04. The quantitative estimate of drug-likeness (QED) is 0.479. The summed E-state index contributed by atoms with van der Waals surface area (Å²) in [6.07, 6.45) is 4.31. The van der Waals surface area contributed by atoms with E-state index in [4.69, 9.17) is 0 Å². The molecule has 48 valence electrons. The van der Waals surface area contributed by atoms with Crippen LogP contribution in [0.15, 0.2) is 23.3 Å². The molecule has 0 aromatic carbocycles. The Morgan fingerprint density at radius 3 is 2.56 bits per heavy atom. The van der Waals surface area contributed by atoms with Crippen molar-refractivity contribution in [1.29, 1.82) is 0 Å². The molecule has 1 aliphatic rings. The van der Waals surface area contributed by atoms with Gasteiger partial charge in [-0.1, -0.05) is 6.08 Å². The number of carbonyl (C=O) groups is 1. The van der Waals surface area contributed by atoms with Gasteiger partial charge in [-0.25, -0.2) is 0 Å². The molecule has 0 saturated carbocycles. The van der Waals surface area contributed by atoms with Gasteiger partial charge in [0.2, 0.25) is 0 Å². The molecule has 1 nitrogen and oxygen atoms in total. The molecule has 0 spiro atoms. The molecule has 0 N–H and O–H groups in total. The summed E-state index contributed by atoms with van der Waals surface area (Å²) in [5.74, 6) is 0.237. The van der Waals surface area contributed by atoms with Crippen LogP contribution in [0.4, 0.5) is 0 Å². The van der Waals surface area contributed by atoms with E-state index in [1.54, 1.807) is 6.08 Å². The third-order valence-electron chi connectivity index (χ3n) is 1.60. The Morgan fingerprint density at radius 2 is 2.33 bits per heavy atom. The third-order valence-corrected chi connectivity index (χ3v) is 1.60. The van der Waals surface area contributed by atoms with Crippen molar-refractivity contribution in [2.75, 3.05) is 0 Å². The molecule has 0 amide bonds. The van der Waals surface area contributed by atoms with E-state index in [1.807, 2.05) is 19.9 Å². The van der Waals surface area contributed by atoms with Crippen LogP contribution >= 0.6 is 0 Å². The fourth-order valence-electron chi connectivity index (χ4n) is 1.04. The van der Waals surface area contributed by atoms with E-state index in [2.05, 4.69) is 0 Å². The van der Waals surface area contributed by atoms with Crippen molar-refractivity contribution in [1.82, 2.24) is 0 Å². The van der Waals surface area contributed by atoms with Crippen molar-refractivity contribution in [2.45, 2.75) is 20.3 Å². The molecule has 1 rings (SSSR count). The van der Waals surface area contributed by atoms with Gasteiger partial charge in [-0.2, -0.15) is 0 Å². The zero-order valence-electron chi connectivity index (χ0n) is 5.77. The van der Waals surface area contributed by atoms with Gasteiger partial charge in [0.05, 0.1) is 0 Å². The highest BCUT2D eigenvalue weighted by Gasteiger charge is 2.12. The maximum atomic E-state index is 10.7. The first kappa shape index (κ1) is 6.27. The molecule has 1 heteroatoms. The summed E-state index contributed by atoms with van der Waals surface area (Å²) in [5, 5.41) is 0. The molecule has 1 aliphatic carbocycles. The number of rotatable bonds is 0. The molecule has 0 aliphatic heterocycles. The van der Waals surface area contributed by atoms with Crippen molar-refractivity contribution >= 4 is 5.78 Å². The largest absolute Gasteiger partial charge is 0.294 e. The fraction of sp³-hybridized carbons (Fsp3) is 0.375. The van der Waals surface area contributed by atoms with Crippen LogP contribution in [0, 0.1) is 0 Å². The lowest BCUT2D eigenvalue weighted by atomic mass is 10.1. The summed E-state index contributed by atoms with van der Waals surface area (Å²) in [4.78, 5) is 10.7. The van der Waals surface area contributed by atoms with Gasteiger partial charge in [-0.3, -0.25) is 4.79 Å². The zero-order chi connectivity index (χ0) is 6.85. The summed E-state index contributed by atoms with van der Waals surface area (Å²) in [6.45, 7) is 3.94. The van der Waals surface area contributed by atoms with Crippen LogP contribution in [0.2, 0.25) is 0 Å². The molecule has 0 unspecified atom stereocenters. The van der Waals surface area contributed by atoms with E-state index in [9.17, 15) is 4.79 Å². The SMILES string of the molecule is CC=C1CC(=O)C=C1C. The monoisotopic (exact) mass is 122 g/mol. The first-order valence-electron chi connectivity index (χ1n) is 3.10. The minimum Gasteiger partial charge on any atom is -0.294 e. The number of ketones is 1. The van der Waals surface area contributed by atoms with Crippen LogP contribution in [0.3, 0.4) is 0 Å². The molecule has 0 radical (unpaired) electrons. The Morgan fingerprint density at radius 1 is 1.67 bits per heavy atom. The molecular formula is C8H10O. The van der Waals surface area contributed by atoms with E-state index in [0.717, 1.165) is 5.57 Å². The van der Waals surface area contributed by atoms with Gasteiger partial charge in [-0.05, 0) is 31.1 Å². The molecule has 0 atom stereocenters. The highest BCUT2D eigenvalue weighted by Crippen LogP contribution is 2.20. The average Bonchev–Trinajstić information content (AvgIpc) is 2.10. The molecule has 0 saturated heterocycles. The van der Waals surface area contributed by atoms with E-state index >= 15 is 0 Å². The molecule has 0 aromatic heterocycles. The third kappa shape index (κ3) is 1.10.